The molecule has 0 aromatic carbocycles. The summed E-state index contributed by atoms with van der Waals surface area (Å²) in [5.41, 5.74) is 1.08. The molecule has 2 aromatic heterocycles. The summed E-state index contributed by atoms with van der Waals surface area (Å²) in [6.07, 6.45) is -2.49. The van der Waals surface area contributed by atoms with Crippen molar-refractivity contribution < 1.29 is 27.8 Å². The van der Waals surface area contributed by atoms with Gasteiger partial charge in [-0.15, -0.1) is 0 Å². The van der Waals surface area contributed by atoms with Crippen LogP contribution in [0.2, 0.25) is 0 Å². The Balaban J connectivity index is 1.37. The number of hydrogen-bond acceptors (Lipinski definition) is 9. The molecule has 2 aromatic rings. The zero-order valence-corrected chi connectivity index (χ0v) is 17.5. The number of fused-ring (bicyclic) bond motifs is 1. The van der Waals surface area contributed by atoms with Crippen molar-refractivity contribution >= 4 is 23.4 Å². The third-order valence-corrected chi connectivity index (χ3v) is 5.41. The van der Waals surface area contributed by atoms with Gasteiger partial charge in [-0.3, -0.25) is 4.79 Å². The maximum absolute atomic E-state index is 12.5. The molecule has 1 fully saturated rings. The van der Waals surface area contributed by atoms with E-state index in [0.717, 1.165) is 12.4 Å². The Morgan fingerprint density at radius 3 is 2.53 bits per heavy atom. The third-order valence-electron chi connectivity index (χ3n) is 5.41. The van der Waals surface area contributed by atoms with Gasteiger partial charge in [0.1, 0.15) is 17.8 Å². The summed E-state index contributed by atoms with van der Waals surface area (Å²) in [7, 11) is 1.69. The van der Waals surface area contributed by atoms with Crippen LogP contribution in [-0.4, -0.2) is 62.3 Å². The molecule has 0 unspecified atom stereocenters. The van der Waals surface area contributed by atoms with Gasteiger partial charge in [-0.05, 0) is 13.8 Å². The van der Waals surface area contributed by atoms with Gasteiger partial charge in [0.15, 0.2) is 11.6 Å². The maximum Gasteiger partial charge on any atom is 0.451 e. The Kier molecular flexibility index (Phi) is 5.53. The molecule has 2 atom stereocenters. The lowest BCUT2D eigenvalue weighted by Gasteiger charge is -2.37. The van der Waals surface area contributed by atoms with Crippen molar-refractivity contribution in [3.8, 4) is 5.75 Å². The number of hydrogen-bond donors (Lipinski definition) is 3. The minimum absolute atomic E-state index is 0.00358. The molecule has 3 heterocycles. The first-order valence-corrected chi connectivity index (χ1v) is 9.95. The van der Waals surface area contributed by atoms with Crippen molar-refractivity contribution in [1.82, 2.24) is 19.9 Å². The van der Waals surface area contributed by atoms with Crippen LogP contribution >= 0.6 is 0 Å². The highest BCUT2D eigenvalue weighted by atomic mass is 19.4. The number of rotatable bonds is 5. The number of likely N-dealkylation sites (N-methyl/N-ethyl adjacent to an activating group) is 1. The number of aromatic nitrogens is 4. The minimum atomic E-state index is -4.59. The second-order valence-electron chi connectivity index (χ2n) is 7.91. The fourth-order valence-electron chi connectivity index (χ4n) is 3.75. The molecule has 13 heteroatoms. The number of nitrogens with one attached hydrogen (secondary N) is 2. The number of alkyl halides is 3. The maximum atomic E-state index is 12.5. The van der Waals surface area contributed by atoms with Gasteiger partial charge in [-0.2, -0.15) is 18.2 Å². The molecular formula is C19H22F3N7O3. The molecule has 10 nitrogen and oxygen atoms in total. The van der Waals surface area contributed by atoms with Crippen molar-refractivity contribution in [2.75, 3.05) is 22.6 Å². The lowest BCUT2D eigenvalue weighted by Crippen LogP contribution is -2.52. The first kappa shape index (κ1) is 22.0. The molecule has 1 saturated carbocycles. The molecule has 1 amide bonds. The third kappa shape index (κ3) is 4.24. The van der Waals surface area contributed by atoms with Gasteiger partial charge in [0.2, 0.25) is 17.7 Å². The quantitative estimate of drug-likeness (QED) is 0.621. The minimum Gasteiger partial charge on any atom is -0.487 e. The molecule has 0 bridgehead atoms. The van der Waals surface area contributed by atoms with Crippen LogP contribution in [0.1, 0.15) is 31.3 Å². The highest BCUT2D eigenvalue weighted by Gasteiger charge is 2.38. The fourth-order valence-corrected chi connectivity index (χ4v) is 3.75. The van der Waals surface area contributed by atoms with E-state index in [1.54, 1.807) is 18.9 Å². The molecule has 1 aliphatic carbocycles. The fraction of sp³-hybridized carbons (Fsp3) is 0.526. The van der Waals surface area contributed by atoms with E-state index >= 15 is 0 Å². The number of ether oxygens (including phenoxy) is 1. The number of aliphatic hydroxyl groups excluding tert-OH is 1. The van der Waals surface area contributed by atoms with Crippen molar-refractivity contribution in [2.24, 2.45) is 0 Å². The molecule has 0 saturated heterocycles. The van der Waals surface area contributed by atoms with E-state index in [1.165, 1.54) is 6.92 Å². The number of halogens is 3. The number of aliphatic hydroxyl groups is 1. The summed E-state index contributed by atoms with van der Waals surface area (Å²) < 4.78 is 43.2. The Labute approximate surface area is 181 Å². The average Bonchev–Trinajstić information content (AvgIpc) is 2.67. The van der Waals surface area contributed by atoms with Gasteiger partial charge in [0.05, 0.1) is 24.2 Å². The van der Waals surface area contributed by atoms with Crippen LogP contribution in [-0.2, 0) is 11.0 Å². The molecular weight excluding hydrogens is 431 g/mol. The van der Waals surface area contributed by atoms with E-state index in [-0.39, 0.29) is 23.8 Å². The van der Waals surface area contributed by atoms with E-state index in [9.17, 15) is 23.1 Å². The van der Waals surface area contributed by atoms with E-state index in [1.807, 2.05) is 0 Å². The molecule has 4 rings (SSSR count). The zero-order valence-electron chi connectivity index (χ0n) is 17.5. The first-order chi connectivity index (χ1) is 15.0. The highest BCUT2D eigenvalue weighted by molar-refractivity contribution is 6.03. The number of carbonyl (C=O) groups excluding carboxylic acids is 1. The van der Waals surface area contributed by atoms with E-state index in [0.29, 0.717) is 36.0 Å². The van der Waals surface area contributed by atoms with Gasteiger partial charge in [-0.1, -0.05) is 0 Å². The second-order valence-corrected chi connectivity index (χ2v) is 7.91. The summed E-state index contributed by atoms with van der Waals surface area (Å²) in [6.45, 7) is 3.29. The van der Waals surface area contributed by atoms with Crippen molar-refractivity contribution in [3.63, 3.8) is 0 Å². The molecule has 172 valence electrons. The molecule has 3 N–H and O–H groups in total. The summed E-state index contributed by atoms with van der Waals surface area (Å²) in [6, 6.07) is -0.763. The van der Waals surface area contributed by atoms with Gasteiger partial charge in [0, 0.05) is 25.9 Å². The molecule has 1 aliphatic heterocycles. The van der Waals surface area contributed by atoms with Crippen molar-refractivity contribution in [2.45, 2.75) is 57.2 Å². The molecule has 32 heavy (non-hydrogen) atoms. The lowest BCUT2D eigenvalue weighted by atomic mass is 9.89. The van der Waals surface area contributed by atoms with Gasteiger partial charge >= 0.3 is 6.18 Å². The van der Waals surface area contributed by atoms with Gasteiger partial charge < -0.3 is 25.4 Å². The largest absolute Gasteiger partial charge is 0.487 e. The monoisotopic (exact) mass is 453 g/mol. The van der Waals surface area contributed by atoms with Gasteiger partial charge in [0.25, 0.3) is 0 Å². The van der Waals surface area contributed by atoms with E-state index in [2.05, 4.69) is 30.6 Å². The SMILES string of the molecule is Cc1nc(N[C@H]2C[C@H](Oc3cnc(C(F)(F)F)nc3)C2)nc2c1NC(=O)[C@H]([C@@H](C)O)N2C. The highest BCUT2D eigenvalue weighted by Crippen LogP contribution is 2.34. The van der Waals surface area contributed by atoms with Crippen molar-refractivity contribution in [3.05, 3.63) is 23.9 Å². The first-order valence-electron chi connectivity index (χ1n) is 9.95. The standard InChI is InChI=1S/C19H22F3N7O3/c1-8-13-15(29(3)14(9(2)30)16(31)27-13)28-18(25-8)26-10-4-11(5-10)32-12-6-23-17(24-7-12)19(20,21)22/h6-7,9-11,14,30H,4-5H2,1-3H3,(H,27,31)(H,25,26,28)/t9-,10-,11-,14+/m1/s1. The Hall–Kier alpha value is -3.22. The normalized spacial score (nSPS) is 23.7. The van der Waals surface area contributed by atoms with Crippen molar-refractivity contribution in [1.29, 1.82) is 0 Å². The number of carbonyl (C=O) groups is 1. The second kappa shape index (κ2) is 8.04. The van der Waals surface area contributed by atoms with E-state index < -0.39 is 24.1 Å². The number of nitrogens with zero attached hydrogens (tertiary/aromatic N) is 5. The number of anilines is 3. The van der Waals surface area contributed by atoms with Crippen LogP contribution in [0.25, 0.3) is 0 Å². The van der Waals surface area contributed by atoms with Crippen LogP contribution < -0.4 is 20.3 Å². The average molecular weight is 453 g/mol. The van der Waals surface area contributed by atoms with Crippen LogP contribution in [0, 0.1) is 6.92 Å². The number of aryl methyl sites for hydroxylation is 1. The van der Waals surface area contributed by atoms with E-state index in [4.69, 9.17) is 4.74 Å². The summed E-state index contributed by atoms with van der Waals surface area (Å²) in [4.78, 5) is 29.3. The van der Waals surface area contributed by atoms with Crippen LogP contribution in [0.3, 0.4) is 0 Å². The predicted octanol–water partition coefficient (Wildman–Crippen LogP) is 1.75. The molecule has 0 radical (unpaired) electrons. The Morgan fingerprint density at radius 2 is 1.94 bits per heavy atom. The van der Waals surface area contributed by atoms with Gasteiger partial charge in [-0.25, -0.2) is 15.0 Å². The van der Waals surface area contributed by atoms with Crippen LogP contribution in [0.4, 0.5) is 30.6 Å². The molecule has 0 spiro atoms. The van der Waals surface area contributed by atoms with Crippen LogP contribution in [0.5, 0.6) is 5.75 Å². The predicted molar refractivity (Wildman–Crippen MR) is 107 cm³/mol. The summed E-state index contributed by atoms with van der Waals surface area (Å²) in [5, 5.41) is 15.9. The summed E-state index contributed by atoms with van der Waals surface area (Å²) in [5.74, 6) is -0.496. The number of amides is 1. The smallest absolute Gasteiger partial charge is 0.451 e. The lowest BCUT2D eigenvalue weighted by molar-refractivity contribution is -0.145. The Bertz CT molecular complexity index is 1010. The zero-order chi connectivity index (χ0) is 23.2. The molecule has 2 aliphatic rings. The topological polar surface area (TPSA) is 125 Å². The van der Waals surface area contributed by atoms with Crippen LogP contribution in [0.15, 0.2) is 12.4 Å². The Morgan fingerprint density at radius 1 is 1.28 bits per heavy atom. The summed E-state index contributed by atoms with van der Waals surface area (Å²) >= 11 is 0.